The SMILES string of the molecule is N#Cc1ccccc1-c1ccc2c3ccc(-c4ccccc4C#N)cc3n(-c3cc(C#N)c(-c4ccncc4)cc3-c3ccccc3)c2c1. The molecule has 0 fully saturated rings. The van der Waals surface area contributed by atoms with Gasteiger partial charge in [0, 0.05) is 34.3 Å². The van der Waals surface area contributed by atoms with Gasteiger partial charge in [0.2, 0.25) is 0 Å². The van der Waals surface area contributed by atoms with Gasteiger partial charge in [-0.05, 0) is 81.9 Å². The molecule has 8 rings (SSSR count). The monoisotopic (exact) mass is 623 g/mol. The first-order valence-corrected chi connectivity index (χ1v) is 15.8. The maximum Gasteiger partial charge on any atom is 0.0998 e. The van der Waals surface area contributed by atoms with Crippen LogP contribution in [-0.4, -0.2) is 9.55 Å². The van der Waals surface area contributed by atoms with Crippen LogP contribution >= 0.6 is 0 Å². The molecule has 0 aliphatic carbocycles. The number of aromatic nitrogens is 2. The Morgan fingerprint density at radius 2 is 0.918 bits per heavy atom. The van der Waals surface area contributed by atoms with Crippen molar-refractivity contribution in [1.29, 1.82) is 15.8 Å². The molecule has 8 aromatic rings. The molecule has 0 atom stereocenters. The van der Waals surface area contributed by atoms with Crippen molar-refractivity contribution < 1.29 is 0 Å². The van der Waals surface area contributed by atoms with Crippen molar-refractivity contribution in [3.63, 3.8) is 0 Å². The van der Waals surface area contributed by atoms with Crippen LogP contribution in [0.5, 0.6) is 0 Å². The van der Waals surface area contributed by atoms with E-state index >= 15 is 0 Å². The Labute approximate surface area is 283 Å². The predicted octanol–water partition coefficient (Wildman–Crippen LogP) is 10.5. The molecule has 0 radical (unpaired) electrons. The maximum absolute atomic E-state index is 10.6. The smallest absolute Gasteiger partial charge is 0.0998 e. The van der Waals surface area contributed by atoms with E-state index in [4.69, 9.17) is 0 Å². The summed E-state index contributed by atoms with van der Waals surface area (Å²) in [5.41, 5.74) is 11.7. The van der Waals surface area contributed by atoms with Crippen molar-refractivity contribution in [1.82, 2.24) is 9.55 Å². The maximum atomic E-state index is 10.6. The van der Waals surface area contributed by atoms with E-state index in [9.17, 15) is 15.8 Å². The van der Waals surface area contributed by atoms with Gasteiger partial charge >= 0.3 is 0 Å². The second-order valence-electron chi connectivity index (χ2n) is 11.7. The van der Waals surface area contributed by atoms with Crippen molar-refractivity contribution in [2.24, 2.45) is 0 Å². The minimum Gasteiger partial charge on any atom is -0.309 e. The summed E-state index contributed by atoms with van der Waals surface area (Å²) in [4.78, 5) is 4.20. The largest absolute Gasteiger partial charge is 0.309 e. The van der Waals surface area contributed by atoms with E-state index in [1.165, 1.54) is 0 Å². The van der Waals surface area contributed by atoms with E-state index in [0.717, 1.165) is 72.0 Å². The van der Waals surface area contributed by atoms with Crippen LogP contribution in [0, 0.1) is 34.0 Å². The molecule has 0 saturated carbocycles. The van der Waals surface area contributed by atoms with Crippen molar-refractivity contribution in [2.75, 3.05) is 0 Å². The summed E-state index contributed by atoms with van der Waals surface area (Å²) in [6.45, 7) is 0. The summed E-state index contributed by atoms with van der Waals surface area (Å²) in [6, 6.07) is 53.1. The van der Waals surface area contributed by atoms with Crippen LogP contribution in [-0.2, 0) is 0 Å². The van der Waals surface area contributed by atoms with Crippen LogP contribution in [0.15, 0.2) is 152 Å². The van der Waals surface area contributed by atoms with Crippen LogP contribution in [0.1, 0.15) is 16.7 Å². The van der Waals surface area contributed by atoms with Gasteiger partial charge < -0.3 is 4.57 Å². The number of benzene rings is 6. The van der Waals surface area contributed by atoms with Gasteiger partial charge in [0.05, 0.1) is 51.6 Å². The molecule has 0 amide bonds. The first-order chi connectivity index (χ1) is 24.2. The van der Waals surface area contributed by atoms with Gasteiger partial charge in [-0.3, -0.25) is 4.98 Å². The van der Waals surface area contributed by atoms with Gasteiger partial charge in [0.15, 0.2) is 0 Å². The average Bonchev–Trinajstić information content (AvgIpc) is 3.50. The fourth-order valence-corrected chi connectivity index (χ4v) is 6.76. The molecule has 0 aliphatic rings. The highest BCUT2D eigenvalue weighted by Gasteiger charge is 2.21. The second kappa shape index (κ2) is 12.2. The third-order valence-electron chi connectivity index (χ3n) is 9.06. The molecule has 2 aromatic heterocycles. The van der Waals surface area contributed by atoms with E-state index in [-0.39, 0.29) is 0 Å². The van der Waals surface area contributed by atoms with Gasteiger partial charge in [0.25, 0.3) is 0 Å². The Hall–Kier alpha value is -7.26. The van der Waals surface area contributed by atoms with Crippen molar-refractivity contribution in [3.05, 3.63) is 169 Å². The standard InChI is InChI=1S/C44H25N5/c45-26-33-10-4-6-12-36(33)31-14-16-38-39-17-15-32(37-13-7-5-11-34(37)27-46)23-43(39)49(42(38)22-31)44-24-35(28-47)40(30-18-20-48-21-19-30)25-41(44)29-8-2-1-3-9-29/h1-25H. The zero-order valence-corrected chi connectivity index (χ0v) is 26.2. The molecule has 0 unspecified atom stereocenters. The summed E-state index contributed by atoms with van der Waals surface area (Å²) < 4.78 is 2.22. The number of nitrogens with zero attached hydrogens (tertiary/aromatic N) is 5. The van der Waals surface area contributed by atoms with E-state index < -0.39 is 0 Å². The minimum absolute atomic E-state index is 0.535. The van der Waals surface area contributed by atoms with Gasteiger partial charge in [0.1, 0.15) is 0 Å². The zero-order valence-electron chi connectivity index (χ0n) is 26.2. The molecule has 0 aliphatic heterocycles. The molecule has 49 heavy (non-hydrogen) atoms. The molecular formula is C44H25N5. The van der Waals surface area contributed by atoms with E-state index in [2.05, 4.69) is 82.4 Å². The summed E-state index contributed by atoms with van der Waals surface area (Å²) in [5.74, 6) is 0. The third kappa shape index (κ3) is 4.99. The molecule has 5 nitrogen and oxygen atoms in total. The molecule has 0 saturated heterocycles. The van der Waals surface area contributed by atoms with Crippen LogP contribution in [0.2, 0.25) is 0 Å². The Kier molecular flexibility index (Phi) is 7.24. The van der Waals surface area contributed by atoms with Gasteiger partial charge in [-0.1, -0.05) is 91.0 Å². The lowest BCUT2D eigenvalue weighted by molar-refractivity contribution is 1.18. The van der Waals surface area contributed by atoms with E-state index in [1.54, 1.807) is 12.4 Å². The fourth-order valence-electron chi connectivity index (χ4n) is 6.76. The summed E-state index contributed by atoms with van der Waals surface area (Å²) >= 11 is 0. The second-order valence-corrected chi connectivity index (χ2v) is 11.7. The molecule has 0 spiro atoms. The predicted molar refractivity (Wildman–Crippen MR) is 194 cm³/mol. The number of hydrogen-bond donors (Lipinski definition) is 0. The molecule has 6 aromatic carbocycles. The van der Waals surface area contributed by atoms with E-state index in [0.29, 0.717) is 16.7 Å². The quantitative estimate of drug-likeness (QED) is 0.191. The van der Waals surface area contributed by atoms with Crippen molar-refractivity contribution in [2.45, 2.75) is 0 Å². The Morgan fingerprint density at radius 3 is 1.47 bits per heavy atom. The average molecular weight is 624 g/mol. The molecule has 2 heterocycles. The first kappa shape index (κ1) is 29.2. The van der Waals surface area contributed by atoms with Gasteiger partial charge in [-0.25, -0.2) is 0 Å². The summed E-state index contributed by atoms with van der Waals surface area (Å²) in [6.07, 6.45) is 3.47. The lowest BCUT2D eigenvalue weighted by Gasteiger charge is -2.18. The Morgan fingerprint density at radius 1 is 0.408 bits per heavy atom. The topological polar surface area (TPSA) is 89.2 Å². The Balaban J connectivity index is 1.51. The summed E-state index contributed by atoms with van der Waals surface area (Å²) in [5, 5.41) is 32.5. The molecule has 226 valence electrons. The van der Waals surface area contributed by atoms with Gasteiger partial charge in [-0.15, -0.1) is 0 Å². The number of pyridine rings is 1. The number of fused-ring (bicyclic) bond motifs is 3. The van der Waals surface area contributed by atoms with E-state index in [1.807, 2.05) is 84.9 Å². The first-order valence-electron chi connectivity index (χ1n) is 15.8. The third-order valence-corrected chi connectivity index (χ3v) is 9.06. The normalized spacial score (nSPS) is 10.8. The molecule has 5 heteroatoms. The van der Waals surface area contributed by atoms with Crippen LogP contribution in [0.4, 0.5) is 0 Å². The number of hydrogen-bond acceptors (Lipinski definition) is 4. The highest BCUT2D eigenvalue weighted by molar-refractivity contribution is 6.12. The lowest BCUT2D eigenvalue weighted by Crippen LogP contribution is -2.00. The van der Waals surface area contributed by atoms with Crippen LogP contribution < -0.4 is 0 Å². The van der Waals surface area contributed by atoms with Crippen molar-refractivity contribution in [3.8, 4) is 68.4 Å². The number of rotatable bonds is 5. The molecule has 0 N–H and O–H groups in total. The summed E-state index contributed by atoms with van der Waals surface area (Å²) in [7, 11) is 0. The van der Waals surface area contributed by atoms with Crippen LogP contribution in [0.25, 0.3) is 72.0 Å². The lowest BCUT2D eigenvalue weighted by atomic mass is 9.93. The van der Waals surface area contributed by atoms with Crippen LogP contribution in [0.3, 0.4) is 0 Å². The number of nitriles is 3. The molecular weight excluding hydrogens is 599 g/mol. The highest BCUT2D eigenvalue weighted by Crippen LogP contribution is 2.42. The fraction of sp³-hybridized carbons (Fsp3) is 0. The van der Waals surface area contributed by atoms with Crippen molar-refractivity contribution >= 4 is 21.8 Å². The zero-order chi connectivity index (χ0) is 33.3. The minimum atomic E-state index is 0.535. The van der Waals surface area contributed by atoms with Gasteiger partial charge in [-0.2, -0.15) is 15.8 Å². The highest BCUT2D eigenvalue weighted by atomic mass is 15.0. The molecule has 0 bridgehead atoms. The Bertz CT molecular complexity index is 2570.